The molecule has 0 unspecified atom stereocenters. The van der Waals surface area contributed by atoms with Crippen LogP contribution in [-0.2, 0) is 4.79 Å². The normalized spacial score (nSPS) is 17.2. The number of hydrogen-bond acceptors (Lipinski definition) is 3. The highest BCUT2D eigenvalue weighted by atomic mass is 19.1. The van der Waals surface area contributed by atoms with Gasteiger partial charge in [-0.15, -0.1) is 0 Å². The van der Waals surface area contributed by atoms with Gasteiger partial charge in [-0.1, -0.05) is 24.3 Å². The molecule has 1 atom stereocenters. The zero-order valence-corrected chi connectivity index (χ0v) is 17.7. The Morgan fingerprint density at radius 3 is 2.68 bits per heavy atom. The van der Waals surface area contributed by atoms with E-state index in [1.54, 1.807) is 18.3 Å². The highest BCUT2D eigenvalue weighted by Crippen LogP contribution is 2.20. The highest BCUT2D eigenvalue weighted by Gasteiger charge is 2.25. The Bertz CT molecular complexity index is 1040. The Morgan fingerprint density at radius 1 is 1.19 bits per heavy atom. The van der Waals surface area contributed by atoms with E-state index in [-0.39, 0.29) is 17.6 Å². The number of imidazole rings is 1. The fourth-order valence-corrected chi connectivity index (χ4v) is 3.95. The van der Waals surface area contributed by atoms with Crippen LogP contribution < -0.4 is 5.32 Å². The predicted octanol–water partition coefficient (Wildman–Crippen LogP) is 4.68. The first-order valence-corrected chi connectivity index (χ1v) is 10.6. The molecule has 1 aliphatic rings. The summed E-state index contributed by atoms with van der Waals surface area (Å²) in [6.07, 6.45) is 9.66. The molecule has 6 heteroatoms. The molecule has 0 aliphatic carbocycles. The van der Waals surface area contributed by atoms with Crippen molar-refractivity contribution < 1.29 is 9.18 Å². The van der Waals surface area contributed by atoms with E-state index in [0.29, 0.717) is 0 Å². The van der Waals surface area contributed by atoms with Gasteiger partial charge in [0.1, 0.15) is 11.6 Å². The maximum atomic E-state index is 13.0. The average molecular weight is 419 g/mol. The van der Waals surface area contributed by atoms with E-state index in [2.05, 4.69) is 21.3 Å². The van der Waals surface area contributed by atoms with E-state index in [4.69, 9.17) is 0 Å². The van der Waals surface area contributed by atoms with Gasteiger partial charge in [0.05, 0.1) is 5.92 Å². The Hall–Kier alpha value is -3.25. The second kappa shape index (κ2) is 9.71. The van der Waals surface area contributed by atoms with Gasteiger partial charge in [0, 0.05) is 36.9 Å². The van der Waals surface area contributed by atoms with Gasteiger partial charge < -0.3 is 9.88 Å². The number of carbonyl (C=O) groups is 1. The van der Waals surface area contributed by atoms with Crippen molar-refractivity contribution in [1.29, 1.82) is 0 Å². The summed E-state index contributed by atoms with van der Waals surface area (Å²) in [6, 6.07) is 14.3. The fraction of sp³-hybridized carbons (Fsp3) is 0.280. The van der Waals surface area contributed by atoms with E-state index >= 15 is 0 Å². The van der Waals surface area contributed by atoms with Crippen molar-refractivity contribution in [3.63, 3.8) is 0 Å². The first-order valence-electron chi connectivity index (χ1n) is 10.6. The largest absolute Gasteiger partial charge is 0.326 e. The zero-order valence-electron chi connectivity index (χ0n) is 17.7. The molecule has 1 N–H and O–H groups in total. The standard InChI is InChI=1S/C25H27FN4O/c1-19-27-14-17-30(19)24-12-10-23(11-13-24)28-25(31)21-5-3-16-29(18-21)15-2-4-20-6-8-22(26)9-7-20/h2,4,6-14,17,21H,3,5,15-16,18H2,1H3,(H,28,31)/b4-2+/t21-/m1/s1. The Labute approximate surface area is 182 Å². The van der Waals surface area contributed by atoms with E-state index in [1.807, 2.05) is 48.0 Å². The summed E-state index contributed by atoms with van der Waals surface area (Å²) in [5.74, 6) is 0.739. The topological polar surface area (TPSA) is 50.2 Å². The van der Waals surface area contributed by atoms with Crippen LogP contribution in [0.3, 0.4) is 0 Å². The molecule has 0 spiro atoms. The quantitative estimate of drug-likeness (QED) is 0.632. The third-order valence-corrected chi connectivity index (χ3v) is 5.66. The van der Waals surface area contributed by atoms with Crippen LogP contribution in [0, 0.1) is 18.7 Å². The van der Waals surface area contributed by atoms with Gasteiger partial charge >= 0.3 is 0 Å². The molecule has 2 heterocycles. The Morgan fingerprint density at radius 2 is 1.97 bits per heavy atom. The summed E-state index contributed by atoms with van der Waals surface area (Å²) >= 11 is 0. The predicted molar refractivity (Wildman–Crippen MR) is 122 cm³/mol. The van der Waals surface area contributed by atoms with Gasteiger partial charge in [0.25, 0.3) is 0 Å². The number of anilines is 1. The number of rotatable bonds is 6. The molecule has 1 fully saturated rings. The van der Waals surface area contributed by atoms with Crippen LogP contribution in [0.25, 0.3) is 11.8 Å². The van der Waals surface area contributed by atoms with E-state index in [1.165, 1.54) is 12.1 Å². The molecule has 4 rings (SSSR count). The van der Waals surface area contributed by atoms with Crippen LogP contribution in [0.1, 0.15) is 24.2 Å². The SMILES string of the molecule is Cc1nccn1-c1ccc(NC(=O)[C@@H]2CCCN(C/C=C/c3ccc(F)cc3)C2)cc1. The summed E-state index contributed by atoms with van der Waals surface area (Å²) in [7, 11) is 0. The van der Waals surface area contributed by atoms with Gasteiger partial charge in [0.15, 0.2) is 0 Å². The summed E-state index contributed by atoms with van der Waals surface area (Å²) in [5.41, 5.74) is 2.80. The lowest BCUT2D eigenvalue weighted by Crippen LogP contribution is -2.40. The number of piperidine rings is 1. The molecule has 0 radical (unpaired) electrons. The minimum Gasteiger partial charge on any atom is -0.326 e. The maximum Gasteiger partial charge on any atom is 0.228 e. The van der Waals surface area contributed by atoms with Crippen molar-refractivity contribution in [2.75, 3.05) is 25.0 Å². The molecule has 2 aromatic carbocycles. The molecular formula is C25H27FN4O. The van der Waals surface area contributed by atoms with Crippen molar-refractivity contribution in [2.24, 2.45) is 5.92 Å². The average Bonchev–Trinajstić information content (AvgIpc) is 3.22. The van der Waals surface area contributed by atoms with Crippen LogP contribution >= 0.6 is 0 Å². The Kier molecular flexibility index (Phi) is 6.57. The lowest BCUT2D eigenvalue weighted by Gasteiger charge is -2.31. The molecule has 5 nitrogen and oxygen atoms in total. The third-order valence-electron chi connectivity index (χ3n) is 5.66. The van der Waals surface area contributed by atoms with E-state index in [0.717, 1.165) is 55.2 Å². The molecule has 1 amide bonds. The number of nitrogens with zero attached hydrogens (tertiary/aromatic N) is 3. The zero-order chi connectivity index (χ0) is 21.6. The number of halogens is 1. The molecule has 0 bridgehead atoms. The van der Waals surface area contributed by atoms with Crippen LogP contribution in [0.2, 0.25) is 0 Å². The van der Waals surface area contributed by atoms with Crippen LogP contribution in [0.15, 0.2) is 67.0 Å². The van der Waals surface area contributed by atoms with Gasteiger partial charge in [0.2, 0.25) is 5.91 Å². The smallest absolute Gasteiger partial charge is 0.228 e. The summed E-state index contributed by atoms with van der Waals surface area (Å²) in [5, 5.41) is 3.06. The van der Waals surface area contributed by atoms with Crippen molar-refractivity contribution in [1.82, 2.24) is 14.5 Å². The van der Waals surface area contributed by atoms with E-state index < -0.39 is 0 Å². The molecule has 1 aromatic heterocycles. The van der Waals surface area contributed by atoms with Crippen LogP contribution in [0.4, 0.5) is 10.1 Å². The molecule has 1 aliphatic heterocycles. The third kappa shape index (κ3) is 5.47. The lowest BCUT2D eigenvalue weighted by molar-refractivity contribution is -0.121. The molecule has 31 heavy (non-hydrogen) atoms. The molecule has 3 aromatic rings. The summed E-state index contributed by atoms with van der Waals surface area (Å²) in [4.78, 5) is 19.3. The monoisotopic (exact) mass is 418 g/mol. The number of aryl methyl sites for hydroxylation is 1. The van der Waals surface area contributed by atoms with Crippen molar-refractivity contribution in [2.45, 2.75) is 19.8 Å². The van der Waals surface area contributed by atoms with Crippen molar-refractivity contribution in [3.05, 3.63) is 84.2 Å². The van der Waals surface area contributed by atoms with E-state index in [9.17, 15) is 9.18 Å². The molecule has 160 valence electrons. The van der Waals surface area contributed by atoms with Gasteiger partial charge in [-0.2, -0.15) is 0 Å². The summed E-state index contributed by atoms with van der Waals surface area (Å²) < 4.78 is 15.0. The van der Waals surface area contributed by atoms with Crippen LogP contribution in [0.5, 0.6) is 0 Å². The first kappa shape index (κ1) is 21.0. The lowest BCUT2D eigenvalue weighted by atomic mass is 9.97. The van der Waals surface area contributed by atoms with Gasteiger partial charge in [-0.05, 0) is 68.3 Å². The first-order chi connectivity index (χ1) is 15.1. The number of amides is 1. The number of likely N-dealkylation sites (tertiary alicyclic amines) is 1. The second-order valence-corrected chi connectivity index (χ2v) is 7.93. The Balaban J connectivity index is 1.30. The molecule has 0 saturated carbocycles. The highest BCUT2D eigenvalue weighted by molar-refractivity contribution is 5.92. The number of benzene rings is 2. The molecular weight excluding hydrogens is 391 g/mol. The maximum absolute atomic E-state index is 13.0. The van der Waals surface area contributed by atoms with Crippen molar-refractivity contribution >= 4 is 17.7 Å². The van der Waals surface area contributed by atoms with Gasteiger partial charge in [-0.3, -0.25) is 9.69 Å². The minimum atomic E-state index is -0.228. The summed E-state index contributed by atoms with van der Waals surface area (Å²) in [6.45, 7) is 4.46. The second-order valence-electron chi connectivity index (χ2n) is 7.93. The number of aromatic nitrogens is 2. The fourth-order valence-electron chi connectivity index (χ4n) is 3.95. The number of nitrogens with one attached hydrogen (secondary N) is 1. The van der Waals surface area contributed by atoms with Crippen LogP contribution in [-0.4, -0.2) is 40.0 Å². The van der Waals surface area contributed by atoms with Crippen molar-refractivity contribution in [3.8, 4) is 5.69 Å². The number of carbonyl (C=O) groups excluding carboxylic acids is 1. The van der Waals surface area contributed by atoms with Gasteiger partial charge in [-0.25, -0.2) is 9.37 Å². The number of hydrogen-bond donors (Lipinski definition) is 1. The molecule has 1 saturated heterocycles. The minimum absolute atomic E-state index is 0.0245.